The zero-order valence-electron chi connectivity index (χ0n) is 56.5. The van der Waals surface area contributed by atoms with Gasteiger partial charge in [-0.05, 0) is 96.5 Å². The van der Waals surface area contributed by atoms with Crippen LogP contribution in [0.15, 0.2) is 97.1 Å². The fourth-order valence-corrected chi connectivity index (χ4v) is 6.81. The minimum Gasteiger partial charge on any atom is -0.491 e. The third-order valence-corrected chi connectivity index (χ3v) is 12.0. The average Bonchev–Trinajstić information content (AvgIpc) is 1.98. The van der Waals surface area contributed by atoms with E-state index in [0.717, 1.165) is 75.1 Å². The van der Waals surface area contributed by atoms with Crippen molar-refractivity contribution in [3.05, 3.63) is 119 Å². The monoisotopic (exact) mass is 1300 g/mol. The maximum Gasteiger partial charge on any atom is 0.303 e. The maximum atomic E-state index is 9.73. The molecule has 0 aliphatic carbocycles. The summed E-state index contributed by atoms with van der Waals surface area (Å²) in [5.41, 5.74) is 4.87. The van der Waals surface area contributed by atoms with Crippen LogP contribution in [0.1, 0.15) is 103 Å². The second-order valence-corrected chi connectivity index (χ2v) is 22.2. The van der Waals surface area contributed by atoms with Crippen LogP contribution in [0.2, 0.25) is 0 Å². The first-order chi connectivity index (χ1) is 43.7. The number of hydrogen-bond donors (Lipinski definition) is 12. The summed E-state index contributed by atoms with van der Waals surface area (Å²) in [5.74, 6) is -1.18. The van der Waals surface area contributed by atoms with Crippen molar-refractivity contribution >= 4 is 23.9 Å². The number of ether oxygens (including phenoxy) is 8. The molecule has 4 unspecified atom stereocenters. The van der Waals surface area contributed by atoms with Crippen LogP contribution in [-0.2, 0) is 63.8 Å². The van der Waals surface area contributed by atoms with Gasteiger partial charge in [0.05, 0.1) is 52.1 Å². The van der Waals surface area contributed by atoms with E-state index in [1.807, 2.05) is 152 Å². The van der Waals surface area contributed by atoms with Crippen molar-refractivity contribution in [1.82, 2.24) is 21.3 Å². The molecule has 4 rings (SSSR count). The van der Waals surface area contributed by atoms with E-state index < -0.39 is 48.3 Å². The minimum atomic E-state index is -1.08. The predicted molar refractivity (Wildman–Crippen MR) is 356 cm³/mol. The van der Waals surface area contributed by atoms with Crippen molar-refractivity contribution in [2.24, 2.45) is 0 Å². The van der Waals surface area contributed by atoms with Crippen LogP contribution in [0, 0.1) is 0 Å². The van der Waals surface area contributed by atoms with Gasteiger partial charge in [-0.2, -0.15) is 0 Å². The summed E-state index contributed by atoms with van der Waals surface area (Å²) in [4.78, 5) is 38.6. The Balaban J connectivity index is 0. The van der Waals surface area contributed by atoms with Crippen LogP contribution in [0.5, 0.6) is 23.0 Å². The summed E-state index contributed by atoms with van der Waals surface area (Å²) in [5, 5.41) is 83.2. The molecule has 0 aromatic heterocycles. The predicted octanol–water partition coefficient (Wildman–Crippen LogP) is 6.32. The average molecular weight is 1310 g/mol. The Morgan fingerprint density at radius 1 is 0.315 bits per heavy atom. The fourth-order valence-electron chi connectivity index (χ4n) is 6.81. The van der Waals surface area contributed by atoms with Gasteiger partial charge in [0.1, 0.15) is 73.8 Å². The first-order valence-corrected chi connectivity index (χ1v) is 31.1. The van der Waals surface area contributed by atoms with Gasteiger partial charge < -0.3 is 100 Å². The molecular weight excluding hydrogens is 1190 g/mol. The van der Waals surface area contributed by atoms with E-state index in [9.17, 15) is 39.6 Å². The number of carbonyl (C=O) groups is 4. The number of benzene rings is 4. The standard InChI is InChI=1S/4C15H25NO3.2C4H6O4/c4*1-12(2)16-10-14(17)11-19-15-6-4-13(5-7-15)8-9-18-3;2*5-3(6)1-2-4(7)8/h4*4-7,12,14,16-17H,8-11H2,1-3H3;2*1-2H2,(H,5,6)(H,7,8). The topological polar surface area (TPSA) is 352 Å². The van der Waals surface area contributed by atoms with Crippen molar-refractivity contribution in [3.63, 3.8) is 0 Å². The molecule has 24 nitrogen and oxygen atoms in total. The Bertz CT molecular complexity index is 2070. The van der Waals surface area contributed by atoms with Crippen molar-refractivity contribution in [2.75, 3.05) is 107 Å². The molecule has 4 atom stereocenters. The molecule has 0 radical (unpaired) electrons. The Labute approximate surface area is 546 Å². The number of aliphatic carboxylic acids is 4. The molecule has 0 amide bonds. The number of methoxy groups -OCH3 is 4. The highest BCUT2D eigenvalue weighted by Gasteiger charge is 2.10. The molecular formula is C68H112N4O20. The summed E-state index contributed by atoms with van der Waals surface area (Å²) in [7, 11) is 6.79. The van der Waals surface area contributed by atoms with Gasteiger partial charge in [0, 0.05) is 78.8 Å². The van der Waals surface area contributed by atoms with E-state index in [2.05, 4.69) is 21.3 Å². The van der Waals surface area contributed by atoms with Gasteiger partial charge in [0.2, 0.25) is 0 Å². The lowest BCUT2D eigenvalue weighted by Crippen LogP contribution is -2.35. The summed E-state index contributed by atoms with van der Waals surface area (Å²) in [6.45, 7) is 22.7. The zero-order valence-corrected chi connectivity index (χ0v) is 56.5. The number of carboxylic acids is 4. The molecule has 0 aliphatic heterocycles. The lowest BCUT2D eigenvalue weighted by atomic mass is 10.1. The molecule has 0 saturated heterocycles. The molecule has 0 spiro atoms. The van der Waals surface area contributed by atoms with Crippen LogP contribution in [0.4, 0.5) is 0 Å². The third-order valence-electron chi connectivity index (χ3n) is 12.0. The van der Waals surface area contributed by atoms with Gasteiger partial charge in [-0.15, -0.1) is 0 Å². The summed E-state index contributed by atoms with van der Waals surface area (Å²) >= 11 is 0. The third kappa shape index (κ3) is 57.4. The van der Waals surface area contributed by atoms with Gasteiger partial charge >= 0.3 is 23.9 Å². The first kappa shape index (κ1) is 87.5. The van der Waals surface area contributed by atoms with Crippen LogP contribution in [0.25, 0.3) is 0 Å². The highest BCUT2D eigenvalue weighted by molar-refractivity contribution is 5.75. The van der Waals surface area contributed by atoms with E-state index in [-0.39, 0.29) is 25.7 Å². The normalized spacial score (nSPS) is 12.0. The van der Waals surface area contributed by atoms with E-state index in [4.69, 9.17) is 58.3 Å². The lowest BCUT2D eigenvalue weighted by Gasteiger charge is -2.15. The molecule has 0 bridgehead atoms. The second kappa shape index (κ2) is 57.2. The van der Waals surface area contributed by atoms with E-state index >= 15 is 0 Å². The summed E-state index contributed by atoms with van der Waals surface area (Å²) in [6, 6.07) is 33.0. The maximum absolute atomic E-state index is 9.73. The van der Waals surface area contributed by atoms with Crippen LogP contribution >= 0.6 is 0 Å². The Morgan fingerprint density at radius 2 is 0.478 bits per heavy atom. The van der Waals surface area contributed by atoms with Crippen LogP contribution in [-0.4, -0.2) is 221 Å². The molecule has 0 aliphatic rings. The Kier molecular flexibility index (Phi) is 54.4. The smallest absolute Gasteiger partial charge is 0.303 e. The van der Waals surface area contributed by atoms with E-state index in [0.29, 0.717) is 76.8 Å². The number of carboxylic acid groups (broad SMARTS) is 4. The van der Waals surface area contributed by atoms with Gasteiger partial charge in [-0.3, -0.25) is 19.2 Å². The highest BCUT2D eigenvalue weighted by atomic mass is 16.5. The number of hydrogen-bond acceptors (Lipinski definition) is 20. The SMILES string of the molecule is COCCc1ccc(OCC(O)CNC(C)C)cc1.COCCc1ccc(OCC(O)CNC(C)C)cc1.COCCc1ccc(OCC(O)CNC(C)C)cc1.COCCc1ccc(OCC(O)CNC(C)C)cc1.O=C(O)CCC(=O)O.O=C(O)CCC(=O)O. The number of aliphatic hydroxyl groups excluding tert-OH is 4. The highest BCUT2D eigenvalue weighted by Crippen LogP contribution is 2.16. The van der Waals surface area contributed by atoms with Gasteiger partial charge in [-0.1, -0.05) is 104 Å². The molecule has 24 heteroatoms. The molecule has 0 fully saturated rings. The minimum absolute atomic E-state index is 0.296. The van der Waals surface area contributed by atoms with Crippen molar-refractivity contribution in [3.8, 4) is 23.0 Å². The molecule has 0 heterocycles. The lowest BCUT2D eigenvalue weighted by molar-refractivity contribution is -0.143. The molecule has 12 N–H and O–H groups in total. The summed E-state index contributed by atoms with van der Waals surface area (Å²) in [6.07, 6.45) is 0.456. The van der Waals surface area contributed by atoms with E-state index in [1.165, 1.54) is 22.3 Å². The van der Waals surface area contributed by atoms with Crippen LogP contribution in [0.3, 0.4) is 0 Å². The molecule has 4 aromatic rings. The molecule has 524 valence electrons. The Hall–Kier alpha value is -6.52. The largest absolute Gasteiger partial charge is 0.491 e. The van der Waals surface area contributed by atoms with Crippen molar-refractivity contribution < 1.29 is 97.9 Å². The van der Waals surface area contributed by atoms with Gasteiger partial charge in [0.25, 0.3) is 0 Å². The Morgan fingerprint density at radius 3 is 0.609 bits per heavy atom. The van der Waals surface area contributed by atoms with Gasteiger partial charge in [0.15, 0.2) is 0 Å². The number of nitrogens with one attached hydrogen (secondary N) is 4. The van der Waals surface area contributed by atoms with Gasteiger partial charge in [-0.25, -0.2) is 0 Å². The summed E-state index contributed by atoms with van der Waals surface area (Å²) < 4.78 is 42.3. The van der Waals surface area contributed by atoms with Crippen molar-refractivity contribution in [2.45, 2.75) is 155 Å². The fraction of sp³-hybridized carbons (Fsp3) is 0.588. The van der Waals surface area contributed by atoms with Crippen molar-refractivity contribution in [1.29, 1.82) is 0 Å². The second-order valence-electron chi connectivity index (χ2n) is 22.2. The molecule has 92 heavy (non-hydrogen) atoms. The molecule has 4 aromatic carbocycles. The number of aliphatic hydroxyl groups is 4. The van der Waals surface area contributed by atoms with Crippen LogP contribution < -0.4 is 40.2 Å². The van der Waals surface area contributed by atoms with E-state index in [1.54, 1.807) is 28.4 Å². The zero-order chi connectivity index (χ0) is 69.5. The quantitative estimate of drug-likeness (QED) is 0.0231. The molecule has 0 saturated carbocycles. The number of rotatable bonds is 42. The first-order valence-electron chi connectivity index (χ1n) is 31.1.